The Morgan fingerprint density at radius 2 is 1.92 bits per heavy atom. The molecule has 0 spiro atoms. The molecule has 0 radical (unpaired) electrons. The zero-order valence-electron chi connectivity index (χ0n) is 14.7. The number of benzene rings is 2. The predicted octanol–water partition coefficient (Wildman–Crippen LogP) is 2.45. The summed E-state index contributed by atoms with van der Waals surface area (Å²) in [5.41, 5.74) is 1.63. The molecule has 1 saturated heterocycles. The van der Waals surface area contributed by atoms with Crippen LogP contribution in [0, 0.1) is 0 Å². The van der Waals surface area contributed by atoms with E-state index in [1.807, 2.05) is 42.5 Å². The van der Waals surface area contributed by atoms with Gasteiger partial charge in [0.25, 0.3) is 5.91 Å². The molecule has 0 bridgehead atoms. The van der Waals surface area contributed by atoms with Gasteiger partial charge in [0, 0.05) is 13.1 Å². The van der Waals surface area contributed by atoms with E-state index in [2.05, 4.69) is 5.32 Å². The van der Waals surface area contributed by atoms with E-state index >= 15 is 0 Å². The number of anilines is 1. The highest BCUT2D eigenvalue weighted by Gasteiger charge is 2.31. The monoisotopic (exact) mass is 354 g/mol. The molecule has 2 aromatic carbocycles. The Bertz CT molecular complexity index is 763. The van der Waals surface area contributed by atoms with Crippen LogP contribution in [-0.2, 0) is 20.9 Å². The van der Waals surface area contributed by atoms with Crippen LogP contribution in [-0.4, -0.2) is 43.1 Å². The van der Waals surface area contributed by atoms with Gasteiger partial charge in [0.05, 0.1) is 25.8 Å². The minimum absolute atomic E-state index is 0.0256. The third kappa shape index (κ3) is 4.40. The van der Waals surface area contributed by atoms with Crippen LogP contribution < -0.4 is 10.1 Å². The maximum atomic E-state index is 12.6. The van der Waals surface area contributed by atoms with Crippen molar-refractivity contribution in [1.29, 1.82) is 0 Å². The van der Waals surface area contributed by atoms with Crippen LogP contribution >= 0.6 is 0 Å². The van der Waals surface area contributed by atoms with Gasteiger partial charge >= 0.3 is 0 Å². The molecular weight excluding hydrogens is 332 g/mol. The maximum Gasteiger partial charge on any atom is 0.252 e. The van der Waals surface area contributed by atoms with Crippen LogP contribution in [0.5, 0.6) is 5.75 Å². The molecule has 26 heavy (non-hydrogen) atoms. The van der Waals surface area contributed by atoms with E-state index in [-0.39, 0.29) is 18.2 Å². The Kier molecular flexibility index (Phi) is 5.86. The lowest BCUT2D eigenvalue weighted by Gasteiger charge is -2.32. The van der Waals surface area contributed by atoms with Gasteiger partial charge in [0.1, 0.15) is 11.9 Å². The Morgan fingerprint density at radius 1 is 1.19 bits per heavy atom. The second-order valence-corrected chi connectivity index (χ2v) is 6.06. The number of hydrogen-bond acceptors (Lipinski definition) is 4. The summed E-state index contributed by atoms with van der Waals surface area (Å²) in [5.74, 6) is 0.132. The first-order valence-corrected chi connectivity index (χ1v) is 8.54. The van der Waals surface area contributed by atoms with Gasteiger partial charge in [-0.1, -0.05) is 42.5 Å². The normalized spacial score (nSPS) is 17.0. The SMILES string of the molecule is COc1ccccc1NC(=O)C[C@H]1OCCN(Cc2ccccc2)C1=O. The molecule has 1 fully saturated rings. The lowest BCUT2D eigenvalue weighted by atomic mass is 10.1. The van der Waals surface area contributed by atoms with E-state index in [1.165, 1.54) is 0 Å². The Labute approximate surface area is 152 Å². The highest BCUT2D eigenvalue weighted by Crippen LogP contribution is 2.23. The van der Waals surface area contributed by atoms with E-state index < -0.39 is 6.10 Å². The molecule has 1 N–H and O–H groups in total. The number of nitrogens with zero attached hydrogens (tertiary/aromatic N) is 1. The molecule has 0 saturated carbocycles. The van der Waals surface area contributed by atoms with Crippen molar-refractivity contribution in [3.8, 4) is 5.75 Å². The number of rotatable bonds is 6. The number of hydrogen-bond donors (Lipinski definition) is 1. The molecule has 1 aliphatic rings. The third-order valence-corrected chi connectivity index (χ3v) is 4.24. The first-order valence-electron chi connectivity index (χ1n) is 8.54. The lowest BCUT2D eigenvalue weighted by Crippen LogP contribution is -2.48. The van der Waals surface area contributed by atoms with Crippen molar-refractivity contribution in [1.82, 2.24) is 4.90 Å². The number of carbonyl (C=O) groups excluding carboxylic acids is 2. The summed E-state index contributed by atoms with van der Waals surface area (Å²) in [5, 5.41) is 2.78. The third-order valence-electron chi connectivity index (χ3n) is 4.24. The molecule has 1 heterocycles. The summed E-state index contributed by atoms with van der Waals surface area (Å²) >= 11 is 0. The second-order valence-electron chi connectivity index (χ2n) is 6.06. The highest BCUT2D eigenvalue weighted by molar-refractivity contribution is 5.96. The Morgan fingerprint density at radius 3 is 2.69 bits per heavy atom. The average molecular weight is 354 g/mol. The first-order chi connectivity index (χ1) is 12.7. The standard InChI is InChI=1S/C20H22N2O4/c1-25-17-10-6-5-9-16(17)21-19(23)13-18-20(24)22(11-12-26-18)14-15-7-3-2-4-8-15/h2-10,18H,11-14H2,1H3,(H,21,23)/t18-/m1/s1. The minimum Gasteiger partial charge on any atom is -0.495 e. The molecule has 1 aliphatic heterocycles. The van der Waals surface area contributed by atoms with Gasteiger partial charge in [0.2, 0.25) is 5.91 Å². The molecule has 0 aliphatic carbocycles. The Hall–Kier alpha value is -2.86. The smallest absolute Gasteiger partial charge is 0.252 e. The maximum absolute atomic E-state index is 12.6. The Balaban J connectivity index is 1.60. The lowest BCUT2D eigenvalue weighted by molar-refractivity contribution is -0.155. The molecule has 6 heteroatoms. The van der Waals surface area contributed by atoms with Crippen LogP contribution in [0.15, 0.2) is 54.6 Å². The van der Waals surface area contributed by atoms with Gasteiger partial charge in [-0.3, -0.25) is 9.59 Å². The second kappa shape index (κ2) is 8.49. The van der Waals surface area contributed by atoms with Crippen molar-refractivity contribution in [3.63, 3.8) is 0 Å². The van der Waals surface area contributed by atoms with Crippen molar-refractivity contribution in [3.05, 3.63) is 60.2 Å². The van der Waals surface area contributed by atoms with E-state index in [1.54, 1.807) is 24.1 Å². The molecule has 2 aromatic rings. The van der Waals surface area contributed by atoms with E-state index in [0.29, 0.717) is 31.1 Å². The van der Waals surface area contributed by atoms with Gasteiger partial charge in [-0.15, -0.1) is 0 Å². The predicted molar refractivity (Wildman–Crippen MR) is 97.8 cm³/mol. The summed E-state index contributed by atoms with van der Waals surface area (Å²) in [4.78, 5) is 26.7. The molecule has 2 amide bonds. The summed E-state index contributed by atoms with van der Waals surface area (Å²) in [6, 6.07) is 16.9. The molecule has 1 atom stereocenters. The topological polar surface area (TPSA) is 67.9 Å². The van der Waals surface area contributed by atoms with Gasteiger partial charge in [-0.25, -0.2) is 0 Å². The van der Waals surface area contributed by atoms with Crippen molar-refractivity contribution < 1.29 is 19.1 Å². The van der Waals surface area contributed by atoms with E-state index in [0.717, 1.165) is 5.56 Å². The van der Waals surface area contributed by atoms with E-state index in [4.69, 9.17) is 9.47 Å². The number of methoxy groups -OCH3 is 1. The van der Waals surface area contributed by atoms with E-state index in [9.17, 15) is 9.59 Å². The number of ether oxygens (including phenoxy) is 2. The van der Waals surface area contributed by atoms with Crippen LogP contribution in [0.4, 0.5) is 5.69 Å². The number of amides is 2. The molecule has 0 unspecified atom stereocenters. The number of carbonyl (C=O) groups is 2. The molecular formula is C20H22N2O4. The minimum atomic E-state index is -0.762. The molecule has 6 nitrogen and oxygen atoms in total. The fraction of sp³-hybridized carbons (Fsp3) is 0.300. The van der Waals surface area contributed by atoms with Gasteiger partial charge in [-0.2, -0.15) is 0 Å². The molecule has 0 aromatic heterocycles. The van der Waals surface area contributed by atoms with Gasteiger partial charge in [0.15, 0.2) is 0 Å². The number of morpholine rings is 1. The summed E-state index contributed by atoms with van der Waals surface area (Å²) in [7, 11) is 1.54. The molecule has 3 rings (SSSR count). The van der Waals surface area contributed by atoms with Crippen molar-refractivity contribution in [2.45, 2.75) is 19.1 Å². The number of nitrogens with one attached hydrogen (secondary N) is 1. The fourth-order valence-electron chi connectivity index (χ4n) is 2.91. The largest absolute Gasteiger partial charge is 0.495 e. The van der Waals surface area contributed by atoms with Crippen molar-refractivity contribution in [2.24, 2.45) is 0 Å². The molecule has 136 valence electrons. The first kappa shape index (κ1) is 17.9. The van der Waals surface area contributed by atoms with Gasteiger partial charge < -0.3 is 19.7 Å². The summed E-state index contributed by atoms with van der Waals surface area (Å²) in [6.07, 6.45) is -0.788. The summed E-state index contributed by atoms with van der Waals surface area (Å²) in [6.45, 7) is 1.47. The van der Waals surface area contributed by atoms with Crippen molar-refractivity contribution >= 4 is 17.5 Å². The summed E-state index contributed by atoms with van der Waals surface area (Å²) < 4.78 is 10.8. The zero-order valence-corrected chi connectivity index (χ0v) is 14.7. The van der Waals surface area contributed by atoms with Crippen LogP contribution in [0.2, 0.25) is 0 Å². The quantitative estimate of drug-likeness (QED) is 0.865. The van der Waals surface area contributed by atoms with Crippen LogP contribution in [0.1, 0.15) is 12.0 Å². The fourth-order valence-corrected chi connectivity index (χ4v) is 2.91. The van der Waals surface area contributed by atoms with Crippen LogP contribution in [0.25, 0.3) is 0 Å². The zero-order chi connectivity index (χ0) is 18.4. The average Bonchev–Trinajstić information content (AvgIpc) is 2.66. The number of para-hydroxylation sites is 2. The highest BCUT2D eigenvalue weighted by atomic mass is 16.5. The van der Waals surface area contributed by atoms with Gasteiger partial charge in [-0.05, 0) is 17.7 Å². The van der Waals surface area contributed by atoms with Crippen LogP contribution in [0.3, 0.4) is 0 Å². The van der Waals surface area contributed by atoms with Crippen molar-refractivity contribution in [2.75, 3.05) is 25.6 Å².